The molecule has 2 heterocycles. The van der Waals surface area contributed by atoms with Gasteiger partial charge in [-0.25, -0.2) is 13.8 Å². The molecular formula is C20H21Cl2F2N3O2. The molecular weight excluding hydrogens is 423 g/mol. The first kappa shape index (κ1) is 21.7. The average Bonchev–Trinajstić information content (AvgIpc) is 2.70. The van der Waals surface area contributed by atoms with E-state index in [1.807, 2.05) is 0 Å². The molecule has 3 rings (SSSR count). The lowest BCUT2D eigenvalue weighted by atomic mass is 9.93. The number of pyridine rings is 1. The summed E-state index contributed by atoms with van der Waals surface area (Å²) in [6, 6.07) is 8.93. The van der Waals surface area contributed by atoms with E-state index in [2.05, 4.69) is 10.3 Å². The Morgan fingerprint density at radius 1 is 1.24 bits per heavy atom. The van der Waals surface area contributed by atoms with Gasteiger partial charge in [0, 0.05) is 50.7 Å². The second kappa shape index (κ2) is 9.69. The molecule has 156 valence electrons. The monoisotopic (exact) mass is 443 g/mol. The molecule has 1 aromatic carbocycles. The van der Waals surface area contributed by atoms with Crippen LogP contribution in [-0.2, 0) is 0 Å². The van der Waals surface area contributed by atoms with E-state index in [1.54, 1.807) is 23.1 Å². The summed E-state index contributed by atoms with van der Waals surface area (Å²) in [4.78, 5) is 18.1. The Kier molecular flexibility index (Phi) is 7.27. The first-order chi connectivity index (χ1) is 13.9. The maximum Gasteiger partial charge on any atom is 0.253 e. The summed E-state index contributed by atoms with van der Waals surface area (Å²) in [5.41, 5.74) is -1.10. The highest BCUT2D eigenvalue weighted by molar-refractivity contribution is 6.31. The summed E-state index contributed by atoms with van der Waals surface area (Å²) in [5.74, 6) is -0.433. The molecule has 9 heteroatoms. The third kappa shape index (κ3) is 6.01. The van der Waals surface area contributed by atoms with Crippen molar-refractivity contribution >= 4 is 29.1 Å². The molecule has 1 fully saturated rings. The first-order valence-corrected chi connectivity index (χ1v) is 10.0. The van der Waals surface area contributed by atoms with E-state index in [1.165, 1.54) is 12.1 Å². The van der Waals surface area contributed by atoms with Gasteiger partial charge in [-0.3, -0.25) is 4.79 Å². The van der Waals surface area contributed by atoms with Crippen LogP contribution < -0.4 is 10.1 Å². The van der Waals surface area contributed by atoms with Crippen molar-refractivity contribution in [3.8, 4) is 5.88 Å². The molecule has 0 aliphatic carbocycles. The molecule has 0 unspecified atom stereocenters. The van der Waals surface area contributed by atoms with Gasteiger partial charge in [-0.1, -0.05) is 29.3 Å². The van der Waals surface area contributed by atoms with E-state index in [0.29, 0.717) is 29.7 Å². The van der Waals surface area contributed by atoms with Crippen LogP contribution in [0.1, 0.15) is 23.2 Å². The molecule has 29 heavy (non-hydrogen) atoms. The van der Waals surface area contributed by atoms with E-state index in [9.17, 15) is 13.6 Å². The topological polar surface area (TPSA) is 54.5 Å². The molecule has 0 saturated carbocycles. The second-order valence-corrected chi connectivity index (χ2v) is 7.69. The number of amides is 1. The van der Waals surface area contributed by atoms with Crippen molar-refractivity contribution in [1.29, 1.82) is 0 Å². The standard InChI is InChI=1S/C20H21Cl2F2N3O2/c21-15-12-14(4-5-16(15)23)19(28)27-9-6-20(24,7-10-27)13-25-8-11-29-18-3-1-2-17(22)26-18/h1-5,12,25H,6-11,13H2. The SMILES string of the molecule is O=C(c1ccc(F)c(Cl)c1)N1CCC(F)(CNCCOc2cccc(Cl)n2)CC1. The normalized spacial score (nSPS) is 15.9. The number of likely N-dealkylation sites (tertiary alicyclic amines) is 1. The maximum absolute atomic E-state index is 15.0. The zero-order chi connectivity index (χ0) is 20.9. The van der Waals surface area contributed by atoms with Gasteiger partial charge >= 0.3 is 0 Å². The molecule has 0 atom stereocenters. The number of ether oxygens (including phenoxy) is 1. The van der Waals surface area contributed by atoms with Gasteiger partial charge in [0.1, 0.15) is 23.2 Å². The smallest absolute Gasteiger partial charge is 0.253 e. The molecule has 1 aliphatic heterocycles. The zero-order valence-electron chi connectivity index (χ0n) is 15.6. The van der Waals surface area contributed by atoms with Gasteiger partial charge in [0.15, 0.2) is 0 Å². The Bertz CT molecular complexity index is 861. The highest BCUT2D eigenvalue weighted by atomic mass is 35.5. The number of hydrogen-bond donors (Lipinski definition) is 1. The number of alkyl halides is 1. The quantitative estimate of drug-likeness (QED) is 0.515. The van der Waals surface area contributed by atoms with Crippen molar-refractivity contribution in [3.05, 3.63) is 58.0 Å². The highest BCUT2D eigenvalue weighted by Gasteiger charge is 2.35. The van der Waals surface area contributed by atoms with Crippen molar-refractivity contribution in [2.24, 2.45) is 0 Å². The molecule has 5 nitrogen and oxygen atoms in total. The third-order valence-corrected chi connectivity index (χ3v) is 5.27. The van der Waals surface area contributed by atoms with Crippen LogP contribution in [0.4, 0.5) is 8.78 Å². The van der Waals surface area contributed by atoms with Crippen molar-refractivity contribution in [2.75, 3.05) is 32.8 Å². The first-order valence-electron chi connectivity index (χ1n) is 9.26. The van der Waals surface area contributed by atoms with Crippen LogP contribution >= 0.6 is 23.2 Å². The number of rotatable bonds is 7. The van der Waals surface area contributed by atoms with Gasteiger partial charge < -0.3 is 15.0 Å². The molecule has 0 bridgehead atoms. The Morgan fingerprint density at radius 3 is 2.69 bits per heavy atom. The van der Waals surface area contributed by atoms with Gasteiger partial charge in [-0.05, 0) is 24.3 Å². The fraction of sp³-hybridized carbons (Fsp3) is 0.400. The minimum absolute atomic E-state index is 0.105. The van der Waals surface area contributed by atoms with E-state index < -0.39 is 11.5 Å². The molecule has 1 N–H and O–H groups in total. The van der Waals surface area contributed by atoms with Crippen LogP contribution in [0, 0.1) is 5.82 Å². The molecule has 2 aromatic rings. The minimum Gasteiger partial charge on any atom is -0.476 e. The number of aromatic nitrogens is 1. The number of benzene rings is 1. The highest BCUT2D eigenvalue weighted by Crippen LogP contribution is 2.27. The fourth-order valence-electron chi connectivity index (χ4n) is 3.11. The Balaban J connectivity index is 1.40. The van der Waals surface area contributed by atoms with Gasteiger partial charge in [0.05, 0.1) is 5.02 Å². The van der Waals surface area contributed by atoms with E-state index in [0.717, 1.165) is 6.07 Å². The van der Waals surface area contributed by atoms with Gasteiger partial charge in [0.2, 0.25) is 5.88 Å². The third-order valence-electron chi connectivity index (χ3n) is 4.77. The van der Waals surface area contributed by atoms with Crippen LogP contribution in [0.2, 0.25) is 10.2 Å². The number of carbonyl (C=O) groups is 1. The Labute approximate surface area is 178 Å². The lowest BCUT2D eigenvalue weighted by Crippen LogP contribution is -2.49. The van der Waals surface area contributed by atoms with E-state index in [-0.39, 0.29) is 43.4 Å². The number of halogens is 4. The summed E-state index contributed by atoms with van der Waals surface area (Å²) in [5, 5.41) is 3.29. The van der Waals surface area contributed by atoms with Crippen molar-refractivity contribution in [2.45, 2.75) is 18.5 Å². The van der Waals surface area contributed by atoms with Gasteiger partial charge in [0.25, 0.3) is 5.91 Å². The molecule has 0 spiro atoms. The molecule has 1 saturated heterocycles. The number of piperidine rings is 1. The van der Waals surface area contributed by atoms with Crippen LogP contribution in [0.15, 0.2) is 36.4 Å². The molecule has 1 aromatic heterocycles. The summed E-state index contributed by atoms with van der Waals surface area (Å²) in [6.07, 6.45) is 0.439. The largest absolute Gasteiger partial charge is 0.476 e. The molecule has 0 radical (unpaired) electrons. The zero-order valence-corrected chi connectivity index (χ0v) is 17.1. The number of nitrogens with zero attached hydrogens (tertiary/aromatic N) is 2. The van der Waals surface area contributed by atoms with Crippen LogP contribution in [0.3, 0.4) is 0 Å². The van der Waals surface area contributed by atoms with Crippen molar-refractivity contribution in [3.63, 3.8) is 0 Å². The summed E-state index contributed by atoms with van der Waals surface area (Å²) < 4.78 is 33.7. The predicted molar refractivity (Wildman–Crippen MR) is 108 cm³/mol. The molecule has 1 amide bonds. The fourth-order valence-corrected chi connectivity index (χ4v) is 3.45. The van der Waals surface area contributed by atoms with Gasteiger partial charge in [-0.15, -0.1) is 0 Å². The van der Waals surface area contributed by atoms with Gasteiger partial charge in [-0.2, -0.15) is 0 Å². The van der Waals surface area contributed by atoms with E-state index >= 15 is 0 Å². The lowest BCUT2D eigenvalue weighted by molar-refractivity contribution is 0.0433. The van der Waals surface area contributed by atoms with Crippen LogP contribution in [-0.4, -0.2) is 54.2 Å². The lowest BCUT2D eigenvalue weighted by Gasteiger charge is -2.36. The minimum atomic E-state index is -1.40. The summed E-state index contributed by atoms with van der Waals surface area (Å²) in [6.45, 7) is 1.53. The number of nitrogens with one attached hydrogen (secondary N) is 1. The molecule has 1 aliphatic rings. The van der Waals surface area contributed by atoms with Crippen LogP contribution in [0.5, 0.6) is 5.88 Å². The van der Waals surface area contributed by atoms with E-state index in [4.69, 9.17) is 27.9 Å². The second-order valence-electron chi connectivity index (χ2n) is 6.90. The number of hydrogen-bond acceptors (Lipinski definition) is 4. The van der Waals surface area contributed by atoms with Crippen molar-refractivity contribution < 1.29 is 18.3 Å². The number of carbonyl (C=O) groups excluding carboxylic acids is 1. The Hall–Kier alpha value is -1.96. The maximum atomic E-state index is 15.0. The summed E-state index contributed by atoms with van der Waals surface area (Å²) in [7, 11) is 0. The summed E-state index contributed by atoms with van der Waals surface area (Å²) >= 11 is 11.5. The average molecular weight is 444 g/mol. The Morgan fingerprint density at radius 2 is 2.00 bits per heavy atom. The predicted octanol–water partition coefficient (Wildman–Crippen LogP) is 4.14. The van der Waals surface area contributed by atoms with Crippen molar-refractivity contribution in [1.82, 2.24) is 15.2 Å². The van der Waals surface area contributed by atoms with Crippen LogP contribution in [0.25, 0.3) is 0 Å².